The Kier molecular flexibility index (Phi) is 6.08. The second kappa shape index (κ2) is 7.65. The van der Waals surface area contributed by atoms with Crippen LogP contribution in [0.3, 0.4) is 0 Å². The Balaban J connectivity index is 2.25. The van der Waals surface area contributed by atoms with Gasteiger partial charge in [-0.3, -0.25) is 4.98 Å². The molecule has 0 saturated carbocycles. The quantitative estimate of drug-likeness (QED) is 0.734. The lowest BCUT2D eigenvalue weighted by Crippen LogP contribution is -2.49. The number of rotatable bonds is 7. The Morgan fingerprint density at radius 1 is 0.963 bits per heavy atom. The first-order chi connectivity index (χ1) is 12.4. The summed E-state index contributed by atoms with van der Waals surface area (Å²) in [4.78, 5) is 4.46. The van der Waals surface area contributed by atoms with Crippen LogP contribution >= 0.6 is 0 Å². The maximum absolute atomic E-state index is 10.2. The van der Waals surface area contributed by atoms with Crippen molar-refractivity contribution in [3.63, 3.8) is 0 Å². The number of benzene rings is 1. The van der Waals surface area contributed by atoms with E-state index in [-0.39, 0.29) is 11.2 Å². The second-order valence-electron chi connectivity index (χ2n) is 8.69. The molecule has 1 atom stereocenters. The maximum Gasteiger partial charge on any atom is 0.330 e. The summed E-state index contributed by atoms with van der Waals surface area (Å²) in [6.07, 6.45) is 1.49. The van der Waals surface area contributed by atoms with Gasteiger partial charge in [0.05, 0.1) is 23.1 Å². The number of pyridine rings is 1. The predicted octanol–water partition coefficient (Wildman–Crippen LogP) is 3.56. The summed E-state index contributed by atoms with van der Waals surface area (Å²) in [7, 11) is 1.69. The summed E-state index contributed by atoms with van der Waals surface area (Å²) in [5.74, 6) is 0.483. The van der Waals surface area contributed by atoms with Crippen LogP contribution in [-0.4, -0.2) is 33.9 Å². The molecule has 145 valence electrons. The largest absolute Gasteiger partial charge is 0.506 e. The SMILES string of the molecule is CC(C)C(C)(c1ccc([B]OC(C)(C)C(C)(C)O)cc1)c1ccc(O)cn1. The molecule has 0 aliphatic heterocycles. The molecular formula is C22H31BNO3. The average molecular weight is 368 g/mol. The van der Waals surface area contributed by atoms with E-state index in [2.05, 4.69) is 37.9 Å². The first kappa shape index (κ1) is 21.5. The zero-order valence-electron chi connectivity index (χ0n) is 17.4. The van der Waals surface area contributed by atoms with Crippen LogP contribution in [0.5, 0.6) is 5.75 Å². The summed E-state index contributed by atoms with van der Waals surface area (Å²) in [5.41, 5.74) is 1.07. The van der Waals surface area contributed by atoms with Crippen molar-refractivity contribution in [1.82, 2.24) is 4.98 Å². The van der Waals surface area contributed by atoms with Gasteiger partial charge in [0.2, 0.25) is 0 Å². The third-order valence-corrected chi connectivity index (χ3v) is 5.91. The lowest BCUT2D eigenvalue weighted by Gasteiger charge is -2.37. The van der Waals surface area contributed by atoms with E-state index in [1.807, 2.05) is 32.0 Å². The van der Waals surface area contributed by atoms with Crippen molar-refractivity contribution in [2.75, 3.05) is 0 Å². The van der Waals surface area contributed by atoms with Crippen LogP contribution in [0, 0.1) is 5.92 Å². The van der Waals surface area contributed by atoms with E-state index in [4.69, 9.17) is 4.65 Å². The highest BCUT2D eigenvalue weighted by molar-refractivity contribution is 6.47. The molecule has 0 amide bonds. The molecule has 0 spiro atoms. The number of aliphatic hydroxyl groups is 1. The number of aromatic nitrogens is 1. The minimum atomic E-state index is -0.954. The van der Waals surface area contributed by atoms with Crippen molar-refractivity contribution in [3.05, 3.63) is 53.9 Å². The van der Waals surface area contributed by atoms with Crippen LogP contribution in [0.25, 0.3) is 0 Å². The van der Waals surface area contributed by atoms with Gasteiger partial charge in [-0.25, -0.2) is 0 Å². The molecule has 1 unspecified atom stereocenters. The summed E-state index contributed by atoms with van der Waals surface area (Å²) < 4.78 is 5.84. The van der Waals surface area contributed by atoms with Gasteiger partial charge in [0.15, 0.2) is 0 Å². The molecule has 0 aliphatic rings. The van der Waals surface area contributed by atoms with E-state index < -0.39 is 11.2 Å². The van der Waals surface area contributed by atoms with E-state index in [0.29, 0.717) is 5.92 Å². The molecule has 1 aromatic heterocycles. The van der Waals surface area contributed by atoms with Crippen molar-refractivity contribution >= 4 is 12.9 Å². The maximum atomic E-state index is 10.2. The normalized spacial score (nSPS) is 14.9. The van der Waals surface area contributed by atoms with Crippen molar-refractivity contribution in [2.24, 2.45) is 5.92 Å². The van der Waals surface area contributed by atoms with Crippen molar-refractivity contribution < 1.29 is 14.9 Å². The first-order valence-corrected chi connectivity index (χ1v) is 9.37. The lowest BCUT2D eigenvalue weighted by molar-refractivity contribution is -0.0893. The molecule has 1 aromatic carbocycles. The summed E-state index contributed by atoms with van der Waals surface area (Å²) in [6.45, 7) is 13.7. The smallest absolute Gasteiger partial charge is 0.330 e. The van der Waals surface area contributed by atoms with Gasteiger partial charge in [-0.2, -0.15) is 0 Å². The Morgan fingerprint density at radius 3 is 2.00 bits per heavy atom. The molecule has 4 nitrogen and oxygen atoms in total. The van der Waals surface area contributed by atoms with Crippen molar-refractivity contribution in [1.29, 1.82) is 0 Å². The Labute approximate surface area is 163 Å². The van der Waals surface area contributed by atoms with E-state index in [9.17, 15) is 10.2 Å². The highest BCUT2D eigenvalue weighted by Gasteiger charge is 2.36. The number of aromatic hydroxyl groups is 1. The highest BCUT2D eigenvalue weighted by Crippen LogP contribution is 2.37. The van der Waals surface area contributed by atoms with Gasteiger partial charge in [-0.15, -0.1) is 0 Å². The topological polar surface area (TPSA) is 62.6 Å². The molecule has 0 saturated heterocycles. The van der Waals surface area contributed by atoms with Gasteiger partial charge in [0.1, 0.15) is 5.75 Å². The van der Waals surface area contributed by atoms with E-state index >= 15 is 0 Å². The van der Waals surface area contributed by atoms with Crippen LogP contribution in [0.1, 0.15) is 59.7 Å². The summed E-state index contributed by atoms with van der Waals surface area (Å²) >= 11 is 0. The zero-order valence-corrected chi connectivity index (χ0v) is 17.4. The van der Waals surface area contributed by atoms with Crippen LogP contribution in [0.2, 0.25) is 0 Å². The van der Waals surface area contributed by atoms with E-state index in [1.54, 1.807) is 27.4 Å². The standard InChI is InChI=1S/C22H31BNO3/c1-15(2)22(7,19-13-12-18(25)14-24-19)16-8-10-17(11-9-16)23-27-21(5,6)20(3,4)26/h8-15,25-26H,1-7H3. The molecule has 1 radical (unpaired) electrons. The molecular weight excluding hydrogens is 337 g/mol. The predicted molar refractivity (Wildman–Crippen MR) is 110 cm³/mol. The number of hydrogen-bond donors (Lipinski definition) is 2. The monoisotopic (exact) mass is 368 g/mol. The van der Waals surface area contributed by atoms with Gasteiger partial charge in [-0.1, -0.05) is 43.6 Å². The third-order valence-electron chi connectivity index (χ3n) is 5.91. The minimum Gasteiger partial charge on any atom is -0.506 e. The van der Waals surface area contributed by atoms with Gasteiger partial charge in [0, 0.05) is 5.41 Å². The fraction of sp³-hybridized carbons (Fsp3) is 0.500. The first-order valence-electron chi connectivity index (χ1n) is 9.37. The fourth-order valence-corrected chi connectivity index (χ4v) is 2.74. The Morgan fingerprint density at radius 2 is 1.56 bits per heavy atom. The molecule has 27 heavy (non-hydrogen) atoms. The zero-order chi connectivity index (χ0) is 20.5. The number of hydrogen-bond acceptors (Lipinski definition) is 4. The van der Waals surface area contributed by atoms with Crippen LogP contribution in [0.15, 0.2) is 42.6 Å². The fourth-order valence-electron chi connectivity index (χ4n) is 2.74. The molecule has 0 aliphatic carbocycles. The van der Waals surface area contributed by atoms with E-state index in [0.717, 1.165) is 16.7 Å². The summed E-state index contributed by atoms with van der Waals surface area (Å²) in [5, 5.41) is 19.8. The molecule has 2 rings (SSSR count). The molecule has 2 N–H and O–H groups in total. The Hall–Kier alpha value is -1.85. The van der Waals surface area contributed by atoms with Crippen molar-refractivity contribution in [2.45, 2.75) is 65.1 Å². The lowest BCUT2D eigenvalue weighted by atomic mass is 9.70. The van der Waals surface area contributed by atoms with Crippen LogP contribution in [-0.2, 0) is 10.1 Å². The molecule has 0 fully saturated rings. The molecule has 0 bridgehead atoms. The summed E-state index contributed by atoms with van der Waals surface area (Å²) in [6, 6.07) is 11.7. The highest BCUT2D eigenvalue weighted by atomic mass is 16.5. The van der Waals surface area contributed by atoms with Gasteiger partial charge < -0.3 is 14.9 Å². The second-order valence-corrected chi connectivity index (χ2v) is 8.69. The molecule has 5 heteroatoms. The number of nitrogens with zero attached hydrogens (tertiary/aromatic N) is 1. The van der Waals surface area contributed by atoms with Crippen LogP contribution in [0.4, 0.5) is 0 Å². The molecule has 2 aromatic rings. The Bertz CT molecular complexity index is 749. The van der Waals surface area contributed by atoms with E-state index in [1.165, 1.54) is 6.20 Å². The van der Waals surface area contributed by atoms with Gasteiger partial charge in [-0.05, 0) is 58.2 Å². The minimum absolute atomic E-state index is 0.168. The molecule has 1 heterocycles. The van der Waals surface area contributed by atoms with Crippen LogP contribution < -0.4 is 5.46 Å². The van der Waals surface area contributed by atoms with Gasteiger partial charge in [0.25, 0.3) is 0 Å². The third kappa shape index (κ3) is 4.53. The van der Waals surface area contributed by atoms with Crippen molar-refractivity contribution in [3.8, 4) is 5.75 Å². The average Bonchev–Trinajstić information content (AvgIpc) is 2.59. The van der Waals surface area contributed by atoms with Gasteiger partial charge >= 0.3 is 7.48 Å².